The molecule has 1 N–H and O–H groups in total. The number of aromatic nitrogens is 1. The smallest absolute Gasteiger partial charge is 0.253 e. The van der Waals surface area contributed by atoms with Gasteiger partial charge in [0.05, 0.1) is 24.9 Å². The fourth-order valence-corrected chi connectivity index (χ4v) is 4.19. The molecule has 2 aromatic rings. The molecule has 0 saturated carbocycles. The molecule has 6 nitrogen and oxygen atoms in total. The van der Waals surface area contributed by atoms with Crippen molar-refractivity contribution in [1.82, 2.24) is 14.8 Å². The number of ether oxygens (including phenoxy) is 2. The average molecular weight is 400 g/mol. The molecule has 29 heavy (non-hydrogen) atoms. The molecule has 1 aromatic heterocycles. The van der Waals surface area contributed by atoms with Crippen molar-refractivity contribution in [3.63, 3.8) is 0 Å². The van der Waals surface area contributed by atoms with Crippen LogP contribution < -0.4 is 10.1 Å². The van der Waals surface area contributed by atoms with Crippen LogP contribution in [0.2, 0.25) is 0 Å². The van der Waals surface area contributed by atoms with E-state index < -0.39 is 0 Å². The van der Waals surface area contributed by atoms with Gasteiger partial charge in [-0.1, -0.05) is 0 Å². The summed E-state index contributed by atoms with van der Waals surface area (Å²) in [6.45, 7) is 11.8. The molecule has 0 radical (unpaired) electrons. The minimum Gasteiger partial charge on any atom is -0.497 e. The van der Waals surface area contributed by atoms with Crippen LogP contribution in [0.4, 0.5) is 0 Å². The molecule has 0 bridgehead atoms. The van der Waals surface area contributed by atoms with E-state index in [0.717, 1.165) is 54.4 Å². The highest BCUT2D eigenvalue weighted by Gasteiger charge is 2.21. The Hall–Kier alpha value is -2.31. The third-order valence-electron chi connectivity index (χ3n) is 5.44. The van der Waals surface area contributed by atoms with Gasteiger partial charge in [0.25, 0.3) is 5.91 Å². The molecule has 1 fully saturated rings. The van der Waals surface area contributed by atoms with Gasteiger partial charge < -0.3 is 19.4 Å². The lowest BCUT2D eigenvalue weighted by atomic mass is 10.2. The van der Waals surface area contributed by atoms with E-state index in [-0.39, 0.29) is 18.1 Å². The fraction of sp³-hybridized carbons (Fsp3) is 0.522. The fourth-order valence-electron chi connectivity index (χ4n) is 4.19. The normalized spacial score (nSPS) is 19.9. The number of nitrogens with one attached hydrogen (secondary N) is 1. The Morgan fingerprint density at radius 1 is 1.17 bits per heavy atom. The van der Waals surface area contributed by atoms with Crippen LogP contribution in [0.25, 0.3) is 5.69 Å². The number of aryl methyl sites for hydroxylation is 1. The number of carbonyl (C=O) groups is 1. The number of nitrogens with zero attached hydrogens (tertiary/aromatic N) is 2. The quantitative estimate of drug-likeness (QED) is 0.726. The number of morpholine rings is 1. The van der Waals surface area contributed by atoms with Gasteiger partial charge in [-0.2, -0.15) is 0 Å². The van der Waals surface area contributed by atoms with Crippen LogP contribution in [0.5, 0.6) is 5.75 Å². The summed E-state index contributed by atoms with van der Waals surface area (Å²) in [5, 5.41) is 3.08. The van der Waals surface area contributed by atoms with Gasteiger partial charge in [-0.25, -0.2) is 0 Å². The molecule has 2 unspecified atom stereocenters. The topological polar surface area (TPSA) is 55.7 Å². The highest BCUT2D eigenvalue weighted by atomic mass is 16.5. The molecular weight excluding hydrogens is 366 g/mol. The molecule has 0 spiro atoms. The molecule has 1 aromatic carbocycles. The second kappa shape index (κ2) is 9.46. The van der Waals surface area contributed by atoms with Crippen LogP contribution in [0, 0.1) is 13.8 Å². The van der Waals surface area contributed by atoms with Crippen LogP contribution in [0.1, 0.15) is 42.0 Å². The zero-order valence-corrected chi connectivity index (χ0v) is 18.2. The number of hydrogen-bond donors (Lipinski definition) is 1. The van der Waals surface area contributed by atoms with Gasteiger partial charge >= 0.3 is 0 Å². The second-order valence-corrected chi connectivity index (χ2v) is 7.94. The van der Waals surface area contributed by atoms with Crippen molar-refractivity contribution >= 4 is 5.91 Å². The highest BCUT2D eigenvalue weighted by Crippen LogP contribution is 2.22. The molecular formula is C23H33N3O3. The van der Waals surface area contributed by atoms with Gasteiger partial charge in [-0.05, 0) is 64.4 Å². The van der Waals surface area contributed by atoms with E-state index in [2.05, 4.69) is 28.6 Å². The van der Waals surface area contributed by atoms with Crippen LogP contribution >= 0.6 is 0 Å². The summed E-state index contributed by atoms with van der Waals surface area (Å²) in [6.07, 6.45) is 1.48. The van der Waals surface area contributed by atoms with Gasteiger partial charge in [0.15, 0.2) is 0 Å². The second-order valence-electron chi connectivity index (χ2n) is 7.94. The standard InChI is InChI=1S/C23H33N3O3/c1-16-13-22(19(4)26(16)20-7-9-21(28-5)10-8-20)23(27)24-11-6-12-25-14-17(2)29-18(3)15-25/h7-10,13,17-18H,6,11-12,14-15H2,1-5H3,(H,24,27). The first-order valence-corrected chi connectivity index (χ1v) is 10.4. The molecule has 1 aliphatic rings. The third kappa shape index (κ3) is 5.19. The molecule has 1 saturated heterocycles. The number of hydrogen-bond acceptors (Lipinski definition) is 4. The van der Waals surface area contributed by atoms with E-state index in [1.807, 2.05) is 44.2 Å². The molecule has 6 heteroatoms. The summed E-state index contributed by atoms with van der Waals surface area (Å²) in [5.74, 6) is 0.805. The largest absolute Gasteiger partial charge is 0.497 e. The van der Waals surface area contributed by atoms with Gasteiger partial charge in [-0.3, -0.25) is 9.69 Å². The van der Waals surface area contributed by atoms with E-state index in [1.54, 1.807) is 7.11 Å². The minimum atomic E-state index is -0.0124. The van der Waals surface area contributed by atoms with Crippen molar-refractivity contribution in [3.05, 3.63) is 47.3 Å². The van der Waals surface area contributed by atoms with Crippen molar-refractivity contribution in [1.29, 1.82) is 0 Å². The zero-order chi connectivity index (χ0) is 21.0. The summed E-state index contributed by atoms with van der Waals surface area (Å²) in [6, 6.07) is 9.83. The van der Waals surface area contributed by atoms with Gasteiger partial charge in [0, 0.05) is 43.3 Å². The Kier molecular flexibility index (Phi) is 6.98. The maximum absolute atomic E-state index is 12.7. The lowest BCUT2D eigenvalue weighted by molar-refractivity contribution is -0.0679. The third-order valence-corrected chi connectivity index (χ3v) is 5.44. The monoisotopic (exact) mass is 399 g/mol. The first kappa shape index (κ1) is 21.4. The van der Waals surface area contributed by atoms with E-state index >= 15 is 0 Å². The SMILES string of the molecule is COc1ccc(-n2c(C)cc(C(=O)NCCCN3CC(C)OC(C)C3)c2C)cc1. The van der Waals surface area contributed by atoms with Crippen molar-refractivity contribution in [2.24, 2.45) is 0 Å². The summed E-state index contributed by atoms with van der Waals surface area (Å²) in [7, 11) is 1.66. The summed E-state index contributed by atoms with van der Waals surface area (Å²) < 4.78 is 13.1. The summed E-state index contributed by atoms with van der Waals surface area (Å²) in [4.78, 5) is 15.2. The van der Waals surface area contributed by atoms with E-state index in [0.29, 0.717) is 6.54 Å². The molecule has 1 aliphatic heterocycles. The van der Waals surface area contributed by atoms with Crippen molar-refractivity contribution in [3.8, 4) is 11.4 Å². The molecule has 158 valence electrons. The summed E-state index contributed by atoms with van der Waals surface area (Å²) in [5.41, 5.74) is 3.73. The van der Waals surface area contributed by atoms with Crippen LogP contribution in [0.15, 0.2) is 30.3 Å². The number of benzene rings is 1. The molecule has 0 aliphatic carbocycles. The number of amides is 1. The summed E-state index contributed by atoms with van der Waals surface area (Å²) >= 11 is 0. The molecule has 1 amide bonds. The van der Waals surface area contributed by atoms with Gasteiger partial charge in [0.1, 0.15) is 5.75 Å². The lowest BCUT2D eigenvalue weighted by Gasteiger charge is -2.35. The molecule has 2 atom stereocenters. The van der Waals surface area contributed by atoms with Crippen LogP contribution in [0.3, 0.4) is 0 Å². The van der Waals surface area contributed by atoms with E-state index in [1.165, 1.54) is 0 Å². The predicted molar refractivity (Wildman–Crippen MR) is 115 cm³/mol. The van der Waals surface area contributed by atoms with Gasteiger partial charge in [-0.15, -0.1) is 0 Å². The Bertz CT molecular complexity index is 819. The number of rotatable bonds is 7. The van der Waals surface area contributed by atoms with Crippen LogP contribution in [-0.2, 0) is 4.74 Å². The zero-order valence-electron chi connectivity index (χ0n) is 18.2. The Labute approximate surface area is 173 Å². The number of carbonyl (C=O) groups excluding carboxylic acids is 1. The minimum absolute atomic E-state index is 0.0124. The van der Waals surface area contributed by atoms with E-state index in [9.17, 15) is 4.79 Å². The van der Waals surface area contributed by atoms with Crippen LogP contribution in [-0.4, -0.2) is 60.9 Å². The van der Waals surface area contributed by atoms with Crippen molar-refractivity contribution in [2.45, 2.75) is 46.3 Å². The van der Waals surface area contributed by atoms with Crippen molar-refractivity contribution < 1.29 is 14.3 Å². The van der Waals surface area contributed by atoms with Crippen molar-refractivity contribution in [2.75, 3.05) is 33.3 Å². The Morgan fingerprint density at radius 3 is 2.45 bits per heavy atom. The maximum Gasteiger partial charge on any atom is 0.253 e. The first-order valence-electron chi connectivity index (χ1n) is 10.4. The predicted octanol–water partition coefficient (Wildman–Crippen LogP) is 3.33. The lowest BCUT2D eigenvalue weighted by Crippen LogP contribution is -2.46. The van der Waals surface area contributed by atoms with E-state index in [4.69, 9.17) is 9.47 Å². The average Bonchev–Trinajstić information content (AvgIpc) is 2.98. The maximum atomic E-state index is 12.7. The highest BCUT2D eigenvalue weighted by molar-refractivity contribution is 5.95. The first-order chi connectivity index (χ1) is 13.9. The Morgan fingerprint density at radius 2 is 1.83 bits per heavy atom. The number of methoxy groups -OCH3 is 1. The van der Waals surface area contributed by atoms with Gasteiger partial charge in [0.2, 0.25) is 0 Å². The molecule has 2 heterocycles. The molecule has 3 rings (SSSR count). The Balaban J connectivity index is 1.57.